The van der Waals surface area contributed by atoms with Crippen LogP contribution in [0.4, 0.5) is 5.82 Å². The zero-order chi connectivity index (χ0) is 14.1. The predicted molar refractivity (Wildman–Crippen MR) is 79.8 cm³/mol. The van der Waals surface area contributed by atoms with Gasteiger partial charge < -0.3 is 10.2 Å². The van der Waals surface area contributed by atoms with E-state index in [0.29, 0.717) is 12.1 Å². The van der Waals surface area contributed by atoms with Gasteiger partial charge in [0.25, 0.3) is 0 Å². The first-order valence-corrected chi connectivity index (χ1v) is 7.59. The Labute approximate surface area is 120 Å². The summed E-state index contributed by atoms with van der Waals surface area (Å²) in [5.74, 6) is 0.904. The van der Waals surface area contributed by atoms with Crippen LogP contribution in [0.15, 0.2) is 6.07 Å². The largest absolute Gasteiger partial charge is 0.351 e. The number of nitrogens with one attached hydrogen (secondary N) is 1. The molecule has 4 heteroatoms. The van der Waals surface area contributed by atoms with E-state index in [1.807, 2.05) is 19.9 Å². The van der Waals surface area contributed by atoms with E-state index in [1.54, 1.807) is 0 Å². The van der Waals surface area contributed by atoms with Gasteiger partial charge in [0.2, 0.25) is 0 Å². The van der Waals surface area contributed by atoms with Gasteiger partial charge >= 0.3 is 0 Å². The molecule has 20 heavy (non-hydrogen) atoms. The van der Waals surface area contributed by atoms with Crippen molar-refractivity contribution in [3.05, 3.63) is 22.9 Å². The molecule has 0 aliphatic carbocycles. The molecule has 3 rings (SSSR count). The third kappa shape index (κ3) is 2.27. The third-order valence-corrected chi connectivity index (χ3v) is 4.57. The lowest BCUT2D eigenvalue weighted by Crippen LogP contribution is -2.44. The SMILES string of the molecule is Cc1cc(C)c(C#N)c(N2CCCC2C2CCCN2)n1. The molecule has 0 radical (unpaired) electrons. The van der Waals surface area contributed by atoms with E-state index in [9.17, 15) is 5.26 Å². The molecule has 106 valence electrons. The van der Waals surface area contributed by atoms with Crippen LogP contribution < -0.4 is 10.2 Å². The maximum atomic E-state index is 9.47. The summed E-state index contributed by atoms with van der Waals surface area (Å²) in [4.78, 5) is 7.06. The fourth-order valence-corrected chi connectivity index (χ4v) is 3.68. The number of nitriles is 1. The predicted octanol–water partition coefficient (Wildman–Crippen LogP) is 2.29. The van der Waals surface area contributed by atoms with E-state index >= 15 is 0 Å². The van der Waals surface area contributed by atoms with Gasteiger partial charge in [0.05, 0.1) is 5.56 Å². The molecule has 2 saturated heterocycles. The van der Waals surface area contributed by atoms with Crippen molar-refractivity contribution in [3.63, 3.8) is 0 Å². The van der Waals surface area contributed by atoms with E-state index < -0.39 is 0 Å². The number of hydrogen-bond acceptors (Lipinski definition) is 4. The molecule has 0 saturated carbocycles. The number of aryl methyl sites for hydroxylation is 2. The van der Waals surface area contributed by atoms with Crippen molar-refractivity contribution in [1.29, 1.82) is 5.26 Å². The van der Waals surface area contributed by atoms with Crippen molar-refractivity contribution in [2.45, 2.75) is 51.6 Å². The second kappa shape index (κ2) is 5.41. The van der Waals surface area contributed by atoms with Crippen molar-refractivity contribution >= 4 is 5.82 Å². The Balaban J connectivity index is 1.97. The lowest BCUT2D eigenvalue weighted by Gasteiger charge is -2.31. The Kier molecular flexibility index (Phi) is 3.62. The molecule has 2 unspecified atom stereocenters. The molecule has 2 aliphatic heterocycles. The van der Waals surface area contributed by atoms with Crippen LogP contribution in [-0.2, 0) is 0 Å². The molecule has 1 aromatic rings. The minimum Gasteiger partial charge on any atom is -0.351 e. The standard InChI is InChI=1S/C16H22N4/c1-11-9-12(2)19-16(13(11)10-17)20-8-4-6-15(20)14-5-3-7-18-14/h9,14-15,18H,3-8H2,1-2H3. The normalized spacial score (nSPS) is 25.9. The average Bonchev–Trinajstić information content (AvgIpc) is 3.08. The number of pyridine rings is 1. The monoisotopic (exact) mass is 270 g/mol. The Morgan fingerprint density at radius 2 is 2.20 bits per heavy atom. The van der Waals surface area contributed by atoms with Crippen molar-refractivity contribution in [2.75, 3.05) is 18.0 Å². The van der Waals surface area contributed by atoms with Gasteiger partial charge in [-0.05, 0) is 57.7 Å². The first-order valence-electron chi connectivity index (χ1n) is 7.59. The molecule has 3 heterocycles. The smallest absolute Gasteiger partial charge is 0.147 e. The quantitative estimate of drug-likeness (QED) is 0.896. The molecule has 0 aromatic carbocycles. The van der Waals surface area contributed by atoms with Gasteiger partial charge in [0, 0.05) is 24.3 Å². The van der Waals surface area contributed by atoms with Crippen LogP contribution in [0.25, 0.3) is 0 Å². The second-order valence-corrected chi connectivity index (χ2v) is 6.00. The highest BCUT2D eigenvalue weighted by molar-refractivity contribution is 5.59. The van der Waals surface area contributed by atoms with Crippen molar-refractivity contribution < 1.29 is 0 Å². The number of anilines is 1. The average molecular weight is 270 g/mol. The summed E-state index contributed by atoms with van der Waals surface area (Å²) < 4.78 is 0. The third-order valence-electron chi connectivity index (χ3n) is 4.57. The topological polar surface area (TPSA) is 52.0 Å². The highest BCUT2D eigenvalue weighted by Crippen LogP contribution is 2.32. The van der Waals surface area contributed by atoms with Gasteiger partial charge in [-0.3, -0.25) is 0 Å². The number of aromatic nitrogens is 1. The Morgan fingerprint density at radius 3 is 2.90 bits per heavy atom. The maximum Gasteiger partial charge on any atom is 0.147 e. The van der Waals surface area contributed by atoms with E-state index in [2.05, 4.69) is 21.3 Å². The summed E-state index contributed by atoms with van der Waals surface area (Å²) in [6.45, 7) is 6.17. The number of rotatable bonds is 2. The summed E-state index contributed by atoms with van der Waals surface area (Å²) in [5.41, 5.74) is 2.79. The van der Waals surface area contributed by atoms with Crippen LogP contribution in [0.2, 0.25) is 0 Å². The fourth-order valence-electron chi connectivity index (χ4n) is 3.68. The highest BCUT2D eigenvalue weighted by Gasteiger charge is 2.35. The van der Waals surface area contributed by atoms with Crippen LogP contribution in [0.5, 0.6) is 0 Å². The van der Waals surface area contributed by atoms with Crippen LogP contribution in [0, 0.1) is 25.2 Å². The molecule has 1 aromatic heterocycles. The van der Waals surface area contributed by atoms with Crippen LogP contribution >= 0.6 is 0 Å². The van der Waals surface area contributed by atoms with E-state index in [-0.39, 0.29) is 0 Å². The molecular formula is C16H22N4. The molecule has 0 amide bonds. The minimum absolute atomic E-state index is 0.498. The van der Waals surface area contributed by atoms with E-state index in [4.69, 9.17) is 0 Å². The second-order valence-electron chi connectivity index (χ2n) is 6.00. The van der Waals surface area contributed by atoms with Gasteiger partial charge in [-0.1, -0.05) is 0 Å². The molecule has 2 atom stereocenters. The summed E-state index contributed by atoms with van der Waals surface area (Å²) >= 11 is 0. The first-order chi connectivity index (χ1) is 9.70. The molecule has 0 spiro atoms. The first kappa shape index (κ1) is 13.4. The molecular weight excluding hydrogens is 248 g/mol. The van der Waals surface area contributed by atoms with Gasteiger partial charge in [-0.2, -0.15) is 5.26 Å². The van der Waals surface area contributed by atoms with Gasteiger partial charge in [0.1, 0.15) is 11.9 Å². The summed E-state index contributed by atoms with van der Waals surface area (Å²) in [6.07, 6.45) is 4.91. The highest BCUT2D eigenvalue weighted by atomic mass is 15.3. The zero-order valence-corrected chi connectivity index (χ0v) is 12.3. The minimum atomic E-state index is 0.498. The lowest BCUT2D eigenvalue weighted by molar-refractivity contribution is 0.480. The van der Waals surface area contributed by atoms with Crippen molar-refractivity contribution in [2.24, 2.45) is 0 Å². The number of nitrogens with zero attached hydrogens (tertiary/aromatic N) is 3. The molecule has 0 bridgehead atoms. The molecule has 2 fully saturated rings. The molecule has 1 N–H and O–H groups in total. The lowest BCUT2D eigenvalue weighted by atomic mass is 10.0. The molecule has 2 aliphatic rings. The Morgan fingerprint density at radius 1 is 1.35 bits per heavy atom. The van der Waals surface area contributed by atoms with Gasteiger partial charge in [0.15, 0.2) is 0 Å². The van der Waals surface area contributed by atoms with Crippen molar-refractivity contribution in [1.82, 2.24) is 10.3 Å². The zero-order valence-electron chi connectivity index (χ0n) is 12.3. The van der Waals surface area contributed by atoms with Crippen molar-refractivity contribution in [3.8, 4) is 6.07 Å². The van der Waals surface area contributed by atoms with Crippen LogP contribution in [-0.4, -0.2) is 30.2 Å². The molecule has 4 nitrogen and oxygen atoms in total. The van der Waals surface area contributed by atoms with Crippen LogP contribution in [0.1, 0.15) is 42.5 Å². The maximum absolute atomic E-state index is 9.47. The summed E-state index contributed by atoms with van der Waals surface area (Å²) in [5, 5.41) is 13.1. The van der Waals surface area contributed by atoms with Crippen LogP contribution in [0.3, 0.4) is 0 Å². The summed E-state index contributed by atoms with van der Waals surface area (Å²) in [6, 6.07) is 5.42. The van der Waals surface area contributed by atoms with Gasteiger partial charge in [-0.25, -0.2) is 4.98 Å². The number of hydrogen-bond donors (Lipinski definition) is 1. The fraction of sp³-hybridized carbons (Fsp3) is 0.625. The Hall–Kier alpha value is -1.60. The van der Waals surface area contributed by atoms with Gasteiger partial charge in [-0.15, -0.1) is 0 Å². The van der Waals surface area contributed by atoms with E-state index in [0.717, 1.165) is 35.7 Å². The summed E-state index contributed by atoms with van der Waals surface area (Å²) in [7, 11) is 0. The Bertz CT molecular complexity index is 540. The van der Waals surface area contributed by atoms with E-state index in [1.165, 1.54) is 25.7 Å².